The number of aromatic hydroxyl groups is 1. The molecule has 0 saturated carbocycles. The predicted octanol–water partition coefficient (Wildman–Crippen LogP) is 3.73. The van der Waals surface area contributed by atoms with Crippen molar-refractivity contribution in [3.8, 4) is 5.75 Å². The van der Waals surface area contributed by atoms with Gasteiger partial charge in [-0.2, -0.15) is 0 Å². The van der Waals surface area contributed by atoms with E-state index in [2.05, 4.69) is 5.32 Å². The lowest BCUT2D eigenvalue weighted by molar-refractivity contribution is -0.124. The number of carbonyl (C=O) groups excluding carboxylic acids is 2. The third-order valence-electron chi connectivity index (χ3n) is 3.26. The number of phenolic OH excluding ortho intramolecular Hbond substituents is 1. The molecule has 0 unspecified atom stereocenters. The Hall–Kier alpha value is -2.24. The summed E-state index contributed by atoms with van der Waals surface area (Å²) in [6.07, 6.45) is 0. The summed E-state index contributed by atoms with van der Waals surface area (Å²) in [5, 5.41) is 13.2. The van der Waals surface area contributed by atoms with Crippen molar-refractivity contribution in [1.29, 1.82) is 0 Å². The minimum atomic E-state index is -0.829. The number of benzene rings is 2. The Balaban J connectivity index is 1.89. The summed E-state index contributed by atoms with van der Waals surface area (Å²) < 4.78 is 4.89. The van der Waals surface area contributed by atoms with Crippen LogP contribution in [0.5, 0.6) is 5.75 Å². The molecule has 2 aromatic rings. The molecule has 0 radical (unpaired) electrons. The molecule has 1 amide bonds. The van der Waals surface area contributed by atoms with Crippen LogP contribution in [-0.2, 0) is 9.53 Å². The maximum absolute atomic E-state index is 11.9. The molecule has 2 aromatic carbocycles. The van der Waals surface area contributed by atoms with Crippen molar-refractivity contribution in [2.75, 3.05) is 6.61 Å². The van der Waals surface area contributed by atoms with Gasteiger partial charge in [-0.1, -0.05) is 35.3 Å². The first-order chi connectivity index (χ1) is 11.4. The summed E-state index contributed by atoms with van der Waals surface area (Å²) in [4.78, 5) is 23.8. The lowest BCUT2D eigenvalue weighted by Crippen LogP contribution is -2.31. The van der Waals surface area contributed by atoms with Gasteiger partial charge in [-0.25, -0.2) is 4.79 Å². The van der Waals surface area contributed by atoms with E-state index in [0.717, 1.165) is 5.56 Å². The zero-order valence-corrected chi connectivity index (χ0v) is 14.3. The number of carbonyl (C=O) groups is 2. The van der Waals surface area contributed by atoms with E-state index in [0.29, 0.717) is 5.02 Å². The molecule has 0 saturated heterocycles. The van der Waals surface area contributed by atoms with E-state index < -0.39 is 18.5 Å². The molecule has 1 atom stereocenters. The maximum Gasteiger partial charge on any atom is 0.342 e. The molecule has 7 heteroatoms. The summed E-state index contributed by atoms with van der Waals surface area (Å²) in [6.45, 7) is 1.33. The zero-order chi connectivity index (χ0) is 17.7. The van der Waals surface area contributed by atoms with Gasteiger partial charge in [-0.05, 0) is 42.8 Å². The van der Waals surface area contributed by atoms with E-state index in [4.69, 9.17) is 27.9 Å². The summed E-state index contributed by atoms with van der Waals surface area (Å²) >= 11 is 11.6. The second-order valence-electron chi connectivity index (χ2n) is 5.08. The minimum absolute atomic E-state index is 0.0963. The van der Waals surface area contributed by atoms with Gasteiger partial charge in [0, 0.05) is 10.0 Å². The molecule has 0 spiro atoms. The monoisotopic (exact) mass is 367 g/mol. The van der Waals surface area contributed by atoms with Gasteiger partial charge in [-0.3, -0.25) is 4.79 Å². The highest BCUT2D eigenvalue weighted by molar-refractivity contribution is 6.31. The molecule has 24 heavy (non-hydrogen) atoms. The number of halogens is 2. The normalized spacial score (nSPS) is 11.6. The van der Waals surface area contributed by atoms with Crippen LogP contribution in [-0.4, -0.2) is 23.6 Å². The van der Waals surface area contributed by atoms with Crippen LogP contribution in [0.3, 0.4) is 0 Å². The number of hydrogen-bond donors (Lipinski definition) is 2. The number of ether oxygens (including phenoxy) is 1. The third-order valence-corrected chi connectivity index (χ3v) is 3.75. The van der Waals surface area contributed by atoms with Gasteiger partial charge < -0.3 is 15.2 Å². The molecular formula is C17H15Cl2NO4. The van der Waals surface area contributed by atoms with Crippen LogP contribution in [0.25, 0.3) is 0 Å². The summed E-state index contributed by atoms with van der Waals surface area (Å²) in [5.41, 5.74) is 0.771. The average Bonchev–Trinajstić information content (AvgIpc) is 2.55. The molecule has 0 bridgehead atoms. The predicted molar refractivity (Wildman–Crippen MR) is 91.4 cm³/mol. The number of rotatable bonds is 5. The summed E-state index contributed by atoms with van der Waals surface area (Å²) in [6, 6.07) is 10.8. The SMILES string of the molecule is C[C@H](NC(=O)COC(=O)c1cc(Cl)ccc1O)c1ccc(Cl)cc1. The number of esters is 1. The number of hydrogen-bond acceptors (Lipinski definition) is 4. The van der Waals surface area contributed by atoms with Gasteiger partial charge in [0.25, 0.3) is 5.91 Å². The first-order valence-corrected chi connectivity index (χ1v) is 7.83. The number of nitrogens with one attached hydrogen (secondary N) is 1. The molecule has 0 aliphatic carbocycles. The van der Waals surface area contributed by atoms with Crippen LogP contribution in [0, 0.1) is 0 Å². The van der Waals surface area contributed by atoms with Crippen LogP contribution in [0.4, 0.5) is 0 Å². The molecule has 0 aromatic heterocycles. The van der Waals surface area contributed by atoms with Crippen molar-refractivity contribution >= 4 is 35.1 Å². The fourth-order valence-electron chi connectivity index (χ4n) is 2.00. The van der Waals surface area contributed by atoms with Gasteiger partial charge in [0.1, 0.15) is 11.3 Å². The Labute approximate surface area is 149 Å². The molecule has 0 fully saturated rings. The summed E-state index contributed by atoms with van der Waals surface area (Å²) in [7, 11) is 0. The third kappa shape index (κ3) is 4.88. The average molecular weight is 368 g/mol. The summed E-state index contributed by atoms with van der Waals surface area (Å²) in [5.74, 6) is -1.56. The fourth-order valence-corrected chi connectivity index (χ4v) is 2.30. The van der Waals surface area contributed by atoms with Gasteiger partial charge in [-0.15, -0.1) is 0 Å². The van der Waals surface area contributed by atoms with Gasteiger partial charge >= 0.3 is 5.97 Å². The van der Waals surface area contributed by atoms with Crippen LogP contribution < -0.4 is 5.32 Å². The maximum atomic E-state index is 11.9. The lowest BCUT2D eigenvalue weighted by atomic mass is 10.1. The molecule has 126 valence electrons. The number of amides is 1. The van der Waals surface area contributed by atoms with Gasteiger partial charge in [0.05, 0.1) is 6.04 Å². The second kappa shape index (κ2) is 8.04. The number of phenols is 1. The van der Waals surface area contributed by atoms with Crippen molar-refractivity contribution in [1.82, 2.24) is 5.32 Å². The lowest BCUT2D eigenvalue weighted by Gasteiger charge is -2.14. The largest absolute Gasteiger partial charge is 0.507 e. The van der Waals surface area contributed by atoms with E-state index in [1.165, 1.54) is 18.2 Å². The van der Waals surface area contributed by atoms with Gasteiger partial charge in [0.15, 0.2) is 6.61 Å². The molecule has 0 heterocycles. The van der Waals surface area contributed by atoms with Crippen LogP contribution in [0.1, 0.15) is 28.9 Å². The standard InChI is InChI=1S/C17H15Cl2NO4/c1-10(11-2-4-12(18)5-3-11)20-16(22)9-24-17(23)14-8-13(19)6-7-15(14)21/h2-8,10,21H,9H2,1H3,(H,20,22)/t10-/m0/s1. The molecule has 0 aliphatic heterocycles. The van der Waals surface area contributed by atoms with Crippen molar-refractivity contribution in [3.63, 3.8) is 0 Å². The van der Waals surface area contributed by atoms with Crippen LogP contribution in [0.2, 0.25) is 10.0 Å². The van der Waals surface area contributed by atoms with Crippen molar-refractivity contribution in [2.45, 2.75) is 13.0 Å². The fraction of sp³-hybridized carbons (Fsp3) is 0.176. The molecule has 0 aliphatic rings. The van der Waals surface area contributed by atoms with Crippen molar-refractivity contribution < 1.29 is 19.4 Å². The van der Waals surface area contributed by atoms with Gasteiger partial charge in [0.2, 0.25) is 0 Å². The van der Waals surface area contributed by atoms with E-state index in [-0.39, 0.29) is 22.4 Å². The topological polar surface area (TPSA) is 75.6 Å². The van der Waals surface area contributed by atoms with Crippen LogP contribution >= 0.6 is 23.2 Å². The molecule has 2 N–H and O–H groups in total. The molecule has 2 rings (SSSR count). The van der Waals surface area contributed by atoms with E-state index in [9.17, 15) is 14.7 Å². The highest BCUT2D eigenvalue weighted by Crippen LogP contribution is 2.22. The smallest absolute Gasteiger partial charge is 0.342 e. The Morgan fingerprint density at radius 2 is 1.75 bits per heavy atom. The van der Waals surface area contributed by atoms with Crippen molar-refractivity contribution in [2.24, 2.45) is 0 Å². The second-order valence-corrected chi connectivity index (χ2v) is 5.95. The molecule has 5 nitrogen and oxygen atoms in total. The Kier molecular flexibility index (Phi) is 6.06. The first kappa shape index (κ1) is 18.1. The quantitative estimate of drug-likeness (QED) is 0.789. The molecular weight excluding hydrogens is 353 g/mol. The Morgan fingerprint density at radius 1 is 1.12 bits per heavy atom. The van der Waals surface area contributed by atoms with E-state index in [1.54, 1.807) is 31.2 Å². The first-order valence-electron chi connectivity index (χ1n) is 7.07. The van der Waals surface area contributed by atoms with Crippen LogP contribution in [0.15, 0.2) is 42.5 Å². The highest BCUT2D eigenvalue weighted by atomic mass is 35.5. The zero-order valence-electron chi connectivity index (χ0n) is 12.8. The highest BCUT2D eigenvalue weighted by Gasteiger charge is 2.16. The van der Waals surface area contributed by atoms with E-state index >= 15 is 0 Å². The minimum Gasteiger partial charge on any atom is -0.507 e. The Morgan fingerprint density at radius 3 is 2.42 bits per heavy atom. The van der Waals surface area contributed by atoms with Crippen molar-refractivity contribution in [3.05, 3.63) is 63.6 Å². The van der Waals surface area contributed by atoms with E-state index in [1.807, 2.05) is 0 Å². The Bertz CT molecular complexity index is 747.